The third-order valence-electron chi connectivity index (χ3n) is 4.74. The molecule has 0 amide bonds. The number of aryl methyl sites for hydroxylation is 1. The van der Waals surface area contributed by atoms with Crippen molar-refractivity contribution >= 4 is 5.82 Å². The van der Waals surface area contributed by atoms with Crippen molar-refractivity contribution < 1.29 is 14.2 Å². The summed E-state index contributed by atoms with van der Waals surface area (Å²) in [5.41, 5.74) is 2.51. The van der Waals surface area contributed by atoms with E-state index in [1.807, 2.05) is 29.9 Å². The summed E-state index contributed by atoms with van der Waals surface area (Å²) in [6.45, 7) is 3.85. The minimum Gasteiger partial charge on any atom is -0.493 e. The van der Waals surface area contributed by atoms with Crippen LogP contribution in [0, 0.1) is 5.41 Å². The average molecular weight is 315 g/mol. The van der Waals surface area contributed by atoms with Gasteiger partial charge in [-0.3, -0.25) is 4.68 Å². The highest BCUT2D eigenvalue weighted by Gasteiger charge is 2.49. The van der Waals surface area contributed by atoms with Gasteiger partial charge in [0.25, 0.3) is 0 Å². The third kappa shape index (κ3) is 2.25. The summed E-state index contributed by atoms with van der Waals surface area (Å²) < 4.78 is 17.9. The van der Waals surface area contributed by atoms with Crippen LogP contribution in [0.2, 0.25) is 0 Å². The first-order valence-electron chi connectivity index (χ1n) is 7.73. The molecule has 1 spiro atoms. The number of hydrogen-bond acceptors (Lipinski definition) is 5. The van der Waals surface area contributed by atoms with Gasteiger partial charge in [0, 0.05) is 31.8 Å². The molecule has 2 aliphatic heterocycles. The Hall–Kier alpha value is -2.21. The molecule has 2 fully saturated rings. The Morgan fingerprint density at radius 2 is 1.83 bits per heavy atom. The molecule has 0 saturated carbocycles. The van der Waals surface area contributed by atoms with Gasteiger partial charge in [0.15, 0.2) is 17.3 Å². The standard InChI is InChI=1S/C17H21N3O3/c1-19-13(12-4-5-14(21-2)15(6-12)22-3)7-16(18-19)20-8-17(9-20)10-23-11-17/h4-7H,8-11H2,1-3H3. The number of ether oxygens (including phenoxy) is 3. The molecule has 122 valence electrons. The summed E-state index contributed by atoms with van der Waals surface area (Å²) in [5.74, 6) is 2.48. The molecule has 23 heavy (non-hydrogen) atoms. The molecule has 6 heteroatoms. The van der Waals surface area contributed by atoms with Crippen LogP contribution in [0.4, 0.5) is 5.82 Å². The molecule has 0 atom stereocenters. The molecule has 6 nitrogen and oxygen atoms in total. The molecule has 0 aliphatic carbocycles. The maximum atomic E-state index is 5.40. The van der Waals surface area contributed by atoms with E-state index in [9.17, 15) is 0 Å². The number of anilines is 1. The molecular weight excluding hydrogens is 294 g/mol. The van der Waals surface area contributed by atoms with Crippen LogP contribution in [0.5, 0.6) is 11.5 Å². The smallest absolute Gasteiger partial charge is 0.161 e. The molecule has 0 bridgehead atoms. The van der Waals surface area contributed by atoms with Gasteiger partial charge in [-0.15, -0.1) is 0 Å². The van der Waals surface area contributed by atoms with E-state index < -0.39 is 0 Å². The van der Waals surface area contributed by atoms with Crippen LogP contribution in [-0.2, 0) is 11.8 Å². The Kier molecular flexibility index (Phi) is 3.23. The van der Waals surface area contributed by atoms with Crippen LogP contribution in [-0.4, -0.2) is 50.3 Å². The predicted octanol–water partition coefficient (Wildman–Crippen LogP) is 1.94. The monoisotopic (exact) mass is 315 g/mol. The van der Waals surface area contributed by atoms with E-state index in [4.69, 9.17) is 14.2 Å². The Morgan fingerprint density at radius 1 is 1.09 bits per heavy atom. The summed E-state index contributed by atoms with van der Waals surface area (Å²) >= 11 is 0. The number of benzene rings is 1. The van der Waals surface area contributed by atoms with Crippen molar-refractivity contribution in [2.24, 2.45) is 12.5 Å². The Balaban J connectivity index is 1.60. The van der Waals surface area contributed by atoms with Crippen molar-refractivity contribution in [2.45, 2.75) is 0 Å². The summed E-state index contributed by atoms with van der Waals surface area (Å²) in [7, 11) is 5.26. The van der Waals surface area contributed by atoms with Gasteiger partial charge < -0.3 is 19.1 Å². The largest absolute Gasteiger partial charge is 0.493 e. The van der Waals surface area contributed by atoms with Gasteiger partial charge in [0.2, 0.25) is 0 Å². The van der Waals surface area contributed by atoms with Crippen LogP contribution >= 0.6 is 0 Å². The van der Waals surface area contributed by atoms with Crippen molar-refractivity contribution in [3.8, 4) is 22.8 Å². The maximum Gasteiger partial charge on any atom is 0.161 e. The highest BCUT2D eigenvalue weighted by Crippen LogP contribution is 2.41. The highest BCUT2D eigenvalue weighted by atomic mass is 16.5. The van der Waals surface area contributed by atoms with Gasteiger partial charge in [-0.1, -0.05) is 0 Å². The number of rotatable bonds is 4. The fourth-order valence-corrected chi connectivity index (χ4v) is 3.37. The maximum absolute atomic E-state index is 5.40. The van der Waals surface area contributed by atoms with Crippen LogP contribution < -0.4 is 14.4 Å². The van der Waals surface area contributed by atoms with Gasteiger partial charge in [0.05, 0.1) is 38.5 Å². The lowest BCUT2D eigenvalue weighted by Gasteiger charge is -2.55. The fraction of sp³-hybridized carbons (Fsp3) is 0.471. The Bertz CT molecular complexity index is 729. The van der Waals surface area contributed by atoms with Gasteiger partial charge in [0.1, 0.15) is 0 Å². The van der Waals surface area contributed by atoms with Crippen molar-refractivity contribution in [3.05, 3.63) is 24.3 Å². The van der Waals surface area contributed by atoms with Crippen molar-refractivity contribution in [3.63, 3.8) is 0 Å². The van der Waals surface area contributed by atoms with Crippen LogP contribution in [0.3, 0.4) is 0 Å². The molecule has 4 rings (SSSR count). The summed E-state index contributed by atoms with van der Waals surface area (Å²) in [5, 5.41) is 4.66. The van der Waals surface area contributed by atoms with E-state index in [0.29, 0.717) is 5.41 Å². The minimum absolute atomic E-state index is 0.390. The lowest BCUT2D eigenvalue weighted by atomic mass is 9.78. The van der Waals surface area contributed by atoms with Crippen molar-refractivity contribution in [1.82, 2.24) is 9.78 Å². The third-order valence-corrected chi connectivity index (χ3v) is 4.74. The SMILES string of the molecule is COc1ccc(-c2cc(N3CC4(COC4)C3)nn2C)cc1OC. The van der Waals surface area contributed by atoms with Crippen LogP contribution in [0.25, 0.3) is 11.3 Å². The zero-order valence-electron chi connectivity index (χ0n) is 13.7. The molecule has 0 radical (unpaired) electrons. The molecule has 0 N–H and O–H groups in total. The Morgan fingerprint density at radius 3 is 2.43 bits per heavy atom. The molecule has 2 saturated heterocycles. The number of hydrogen-bond donors (Lipinski definition) is 0. The lowest BCUT2D eigenvalue weighted by Crippen LogP contribution is -2.66. The second kappa shape index (κ2) is 5.16. The predicted molar refractivity (Wildman–Crippen MR) is 87.2 cm³/mol. The molecule has 0 unspecified atom stereocenters. The number of aromatic nitrogens is 2. The minimum atomic E-state index is 0.390. The van der Waals surface area contributed by atoms with Gasteiger partial charge in [-0.05, 0) is 18.2 Å². The highest BCUT2D eigenvalue weighted by molar-refractivity contribution is 5.67. The lowest BCUT2D eigenvalue weighted by molar-refractivity contribution is -0.127. The second-order valence-electron chi connectivity index (χ2n) is 6.43. The van der Waals surface area contributed by atoms with Gasteiger partial charge >= 0.3 is 0 Å². The zero-order valence-corrected chi connectivity index (χ0v) is 13.7. The first-order valence-corrected chi connectivity index (χ1v) is 7.73. The molecule has 2 aliphatic rings. The van der Waals surface area contributed by atoms with Gasteiger partial charge in [-0.25, -0.2) is 0 Å². The Labute approximate surface area is 135 Å². The first kappa shape index (κ1) is 14.4. The summed E-state index contributed by atoms with van der Waals surface area (Å²) in [4.78, 5) is 2.31. The van der Waals surface area contributed by atoms with Crippen LogP contribution in [0.1, 0.15) is 0 Å². The van der Waals surface area contributed by atoms with Crippen molar-refractivity contribution in [2.75, 3.05) is 45.4 Å². The first-order chi connectivity index (χ1) is 11.1. The molecule has 1 aromatic heterocycles. The zero-order chi connectivity index (χ0) is 16.0. The fourth-order valence-electron chi connectivity index (χ4n) is 3.37. The molecule has 3 heterocycles. The van der Waals surface area contributed by atoms with E-state index in [0.717, 1.165) is 54.9 Å². The average Bonchev–Trinajstić information content (AvgIpc) is 2.85. The normalized spacial score (nSPS) is 18.5. The molecule has 2 aromatic rings. The molecule has 1 aromatic carbocycles. The number of nitrogens with zero attached hydrogens (tertiary/aromatic N) is 3. The van der Waals surface area contributed by atoms with E-state index in [-0.39, 0.29) is 0 Å². The van der Waals surface area contributed by atoms with E-state index >= 15 is 0 Å². The number of methoxy groups -OCH3 is 2. The molecular formula is C17H21N3O3. The van der Waals surface area contributed by atoms with Gasteiger partial charge in [-0.2, -0.15) is 5.10 Å². The second-order valence-corrected chi connectivity index (χ2v) is 6.43. The van der Waals surface area contributed by atoms with E-state index in [1.54, 1.807) is 14.2 Å². The van der Waals surface area contributed by atoms with E-state index in [2.05, 4.69) is 16.1 Å². The quantitative estimate of drug-likeness (QED) is 0.863. The topological polar surface area (TPSA) is 48.8 Å². The van der Waals surface area contributed by atoms with Crippen LogP contribution in [0.15, 0.2) is 24.3 Å². The summed E-state index contributed by atoms with van der Waals surface area (Å²) in [6.07, 6.45) is 0. The van der Waals surface area contributed by atoms with Crippen molar-refractivity contribution in [1.29, 1.82) is 0 Å². The summed E-state index contributed by atoms with van der Waals surface area (Å²) in [6, 6.07) is 8.06. The van der Waals surface area contributed by atoms with E-state index in [1.165, 1.54) is 0 Å².